The summed E-state index contributed by atoms with van der Waals surface area (Å²) in [6.07, 6.45) is 0.478. The fourth-order valence-electron chi connectivity index (χ4n) is 6.87. The van der Waals surface area contributed by atoms with Crippen LogP contribution >= 0.6 is 0 Å². The maximum atomic E-state index is 16.5. The van der Waals surface area contributed by atoms with Crippen LogP contribution in [0.4, 0.5) is 22.0 Å². The van der Waals surface area contributed by atoms with Crippen molar-refractivity contribution in [3.05, 3.63) is 35.4 Å². The zero-order chi connectivity index (χ0) is 30.8. The number of benzene rings is 1. The predicted octanol–water partition coefficient (Wildman–Crippen LogP) is 6.00. The lowest BCUT2D eigenvalue weighted by molar-refractivity contribution is -0.153. The highest BCUT2D eigenvalue weighted by Crippen LogP contribution is 2.42. The summed E-state index contributed by atoms with van der Waals surface area (Å²) in [4.78, 5) is 14.7. The fraction of sp³-hybridized carbons (Fsp3) is 0.533. The normalized spacial score (nSPS) is 24.1. The van der Waals surface area contributed by atoms with Crippen LogP contribution < -0.4 is 9.47 Å². The molecular formula is C30H31F5N6O3. The van der Waals surface area contributed by atoms with Crippen LogP contribution in [-0.2, 0) is 4.74 Å². The molecule has 6 heterocycles. The molecule has 0 saturated carbocycles. The molecule has 3 atom stereocenters. The van der Waals surface area contributed by atoms with Crippen molar-refractivity contribution in [2.75, 3.05) is 32.9 Å². The molecule has 44 heavy (non-hydrogen) atoms. The summed E-state index contributed by atoms with van der Waals surface area (Å²) in [7, 11) is 0. The number of ether oxygens (including phenoxy) is 3. The van der Waals surface area contributed by atoms with Gasteiger partial charge in [-0.2, -0.15) is 28.2 Å². The molecule has 0 spiro atoms. The third-order valence-electron chi connectivity index (χ3n) is 9.07. The minimum Gasteiger partial charge on any atom is -0.467 e. The van der Waals surface area contributed by atoms with Gasteiger partial charge >= 0.3 is 12.2 Å². The average Bonchev–Trinajstić information content (AvgIpc) is 3.76. The molecule has 0 N–H and O–H groups in total. The minimum atomic E-state index is -4.67. The number of nitrogens with zero attached hydrogens (tertiary/aromatic N) is 6. The van der Waals surface area contributed by atoms with Gasteiger partial charge in [-0.25, -0.2) is 13.5 Å². The molecule has 3 aliphatic heterocycles. The second-order valence-corrected chi connectivity index (χ2v) is 11.9. The molecule has 1 aromatic carbocycles. The Morgan fingerprint density at radius 1 is 1.11 bits per heavy atom. The lowest BCUT2D eigenvalue weighted by Gasteiger charge is -2.30. The molecule has 0 amide bonds. The smallest absolute Gasteiger partial charge is 0.422 e. The molecule has 4 aromatic rings. The Bertz CT molecular complexity index is 1740. The van der Waals surface area contributed by atoms with Gasteiger partial charge in [-0.3, -0.25) is 9.88 Å². The second-order valence-electron chi connectivity index (χ2n) is 11.9. The topological polar surface area (TPSA) is 87.4 Å². The zero-order valence-corrected chi connectivity index (χ0v) is 24.3. The molecule has 234 valence electrons. The highest BCUT2D eigenvalue weighted by Gasteiger charge is 2.49. The molecule has 7 rings (SSSR count). The maximum absolute atomic E-state index is 16.5. The Kier molecular flexibility index (Phi) is 7.11. The Balaban J connectivity index is 1.33. The van der Waals surface area contributed by atoms with E-state index in [0.29, 0.717) is 30.5 Å². The number of halogens is 5. The quantitative estimate of drug-likeness (QED) is 0.233. The number of hydrogen-bond donors (Lipinski definition) is 0. The summed E-state index contributed by atoms with van der Waals surface area (Å²) < 4.78 is 88.8. The Morgan fingerprint density at radius 2 is 1.95 bits per heavy atom. The van der Waals surface area contributed by atoms with Crippen molar-refractivity contribution in [2.45, 2.75) is 70.1 Å². The van der Waals surface area contributed by atoms with Crippen LogP contribution in [0.5, 0.6) is 11.9 Å². The van der Waals surface area contributed by atoms with Crippen LogP contribution in [0, 0.1) is 19.7 Å². The van der Waals surface area contributed by atoms with Gasteiger partial charge in [0, 0.05) is 36.7 Å². The van der Waals surface area contributed by atoms with E-state index >= 15 is 4.39 Å². The predicted molar refractivity (Wildman–Crippen MR) is 150 cm³/mol. The first kappa shape index (κ1) is 29.1. The minimum absolute atomic E-state index is 0.0111. The van der Waals surface area contributed by atoms with Gasteiger partial charge < -0.3 is 14.2 Å². The van der Waals surface area contributed by atoms with Gasteiger partial charge in [0.1, 0.15) is 24.0 Å². The molecule has 0 bridgehead atoms. The van der Waals surface area contributed by atoms with Crippen LogP contribution in [0.2, 0.25) is 0 Å². The average molecular weight is 619 g/mol. The van der Waals surface area contributed by atoms with E-state index in [0.717, 1.165) is 42.5 Å². The third kappa shape index (κ3) is 5.01. The van der Waals surface area contributed by atoms with Crippen molar-refractivity contribution < 1.29 is 36.2 Å². The maximum Gasteiger partial charge on any atom is 0.422 e. The summed E-state index contributed by atoms with van der Waals surface area (Å²) in [5, 5.41) is 5.06. The van der Waals surface area contributed by atoms with Crippen molar-refractivity contribution in [1.82, 2.24) is 29.6 Å². The zero-order valence-electron chi connectivity index (χ0n) is 24.3. The Morgan fingerprint density at radius 3 is 2.73 bits per heavy atom. The number of alkyl halides is 4. The first-order valence-electron chi connectivity index (χ1n) is 14.7. The molecule has 3 fully saturated rings. The van der Waals surface area contributed by atoms with Gasteiger partial charge in [0.25, 0.3) is 0 Å². The van der Waals surface area contributed by atoms with Crippen LogP contribution in [0.1, 0.15) is 49.5 Å². The van der Waals surface area contributed by atoms with E-state index in [1.165, 1.54) is 6.20 Å². The standard InChI is InChI=1S/C30H31F5N6O3/c1-16-9-21-19(12-37-41(21)22-5-3-8-42-22)23(17(16)2)26-24(32)25-20(11-36-26)27(43-15-30(33,34)35)39-28(38-25)44-14-29-6-4-7-40(29)13-18(31)10-29/h9,11-12,18,22H,3-8,10,13-15H2,1-2H3/t18-,22?,29+/m1/s1. The summed E-state index contributed by atoms with van der Waals surface area (Å²) >= 11 is 0. The van der Waals surface area contributed by atoms with Gasteiger partial charge in [0.05, 0.1) is 22.6 Å². The van der Waals surface area contributed by atoms with Crippen molar-refractivity contribution in [2.24, 2.45) is 0 Å². The Hall–Kier alpha value is -3.65. The van der Waals surface area contributed by atoms with Crippen molar-refractivity contribution in [1.29, 1.82) is 0 Å². The summed E-state index contributed by atoms with van der Waals surface area (Å²) in [5.41, 5.74) is 1.96. The van der Waals surface area contributed by atoms with Gasteiger partial charge in [-0.1, -0.05) is 0 Å². The number of aryl methyl sites for hydroxylation is 1. The summed E-state index contributed by atoms with van der Waals surface area (Å²) in [5.74, 6) is -1.37. The van der Waals surface area contributed by atoms with Gasteiger partial charge in [0.2, 0.25) is 5.88 Å². The lowest BCUT2D eigenvalue weighted by Crippen LogP contribution is -2.43. The molecule has 3 aromatic heterocycles. The molecule has 3 saturated heterocycles. The first-order chi connectivity index (χ1) is 21.0. The van der Waals surface area contributed by atoms with Crippen LogP contribution in [0.3, 0.4) is 0 Å². The van der Waals surface area contributed by atoms with Gasteiger partial charge in [-0.05, 0) is 63.3 Å². The number of fused-ring (bicyclic) bond motifs is 3. The van der Waals surface area contributed by atoms with Gasteiger partial charge in [0.15, 0.2) is 18.7 Å². The van der Waals surface area contributed by atoms with E-state index in [4.69, 9.17) is 14.2 Å². The summed E-state index contributed by atoms with van der Waals surface area (Å²) in [6.45, 7) is 3.75. The SMILES string of the molecule is Cc1cc2c(cnn2C2CCCO2)c(-c2ncc3c(OCC(F)(F)F)nc(OC[C@@]45CCCN4C[C@H](F)C5)nc3c2F)c1C. The molecular weight excluding hydrogens is 587 g/mol. The molecule has 9 nitrogen and oxygen atoms in total. The van der Waals surface area contributed by atoms with Crippen LogP contribution in [-0.4, -0.2) is 80.4 Å². The monoisotopic (exact) mass is 618 g/mol. The third-order valence-corrected chi connectivity index (χ3v) is 9.07. The lowest BCUT2D eigenvalue weighted by atomic mass is 9.95. The highest BCUT2D eigenvalue weighted by atomic mass is 19.4. The van der Waals surface area contributed by atoms with E-state index in [1.807, 2.05) is 24.8 Å². The molecule has 14 heteroatoms. The molecule has 3 aliphatic rings. The number of pyridine rings is 1. The fourth-order valence-corrected chi connectivity index (χ4v) is 6.87. The Labute approximate surface area is 249 Å². The largest absolute Gasteiger partial charge is 0.467 e. The number of rotatable bonds is 7. The van der Waals surface area contributed by atoms with Crippen LogP contribution in [0.15, 0.2) is 18.5 Å². The van der Waals surface area contributed by atoms with Gasteiger partial charge in [-0.15, -0.1) is 0 Å². The molecule has 0 aliphatic carbocycles. The van der Waals surface area contributed by atoms with E-state index in [9.17, 15) is 17.6 Å². The van der Waals surface area contributed by atoms with E-state index in [1.54, 1.807) is 10.9 Å². The molecule has 1 unspecified atom stereocenters. The number of aromatic nitrogens is 5. The van der Waals surface area contributed by atoms with Crippen LogP contribution in [0.25, 0.3) is 33.1 Å². The summed E-state index contributed by atoms with van der Waals surface area (Å²) in [6, 6.07) is 1.61. The van der Waals surface area contributed by atoms with E-state index < -0.39 is 36.2 Å². The molecule has 0 radical (unpaired) electrons. The van der Waals surface area contributed by atoms with E-state index in [2.05, 4.69) is 20.1 Å². The second kappa shape index (κ2) is 10.8. The van der Waals surface area contributed by atoms with Crippen molar-refractivity contribution in [3.8, 4) is 23.1 Å². The van der Waals surface area contributed by atoms with E-state index in [-0.39, 0.29) is 41.9 Å². The van der Waals surface area contributed by atoms with Crippen molar-refractivity contribution in [3.63, 3.8) is 0 Å². The highest BCUT2D eigenvalue weighted by molar-refractivity contribution is 5.98. The van der Waals surface area contributed by atoms with Crippen molar-refractivity contribution >= 4 is 21.8 Å². The number of hydrogen-bond acceptors (Lipinski definition) is 8. The first-order valence-corrected chi connectivity index (χ1v) is 14.7.